The highest BCUT2D eigenvalue weighted by atomic mass is 16.1. The van der Waals surface area contributed by atoms with Gasteiger partial charge in [-0.15, -0.1) is 0 Å². The van der Waals surface area contributed by atoms with Gasteiger partial charge in [0.1, 0.15) is 0 Å². The van der Waals surface area contributed by atoms with Crippen molar-refractivity contribution in [1.82, 2.24) is 9.97 Å². The number of nitrogens with one attached hydrogen (secondary N) is 2. The van der Waals surface area contributed by atoms with Crippen LogP contribution < -0.4 is 11.1 Å². The number of benzene rings is 1. The number of fused-ring (bicyclic) bond motifs is 1. The summed E-state index contributed by atoms with van der Waals surface area (Å²) in [4.78, 5) is 18.2. The van der Waals surface area contributed by atoms with Crippen LogP contribution in [0.25, 0.3) is 11.0 Å². The Hall–Kier alpha value is -2.04. The largest absolute Gasteiger partial charge is 0.370 e. The number of nitrogens with zero attached hydrogens (tertiary/aromatic N) is 1. The van der Waals surface area contributed by atoms with E-state index in [2.05, 4.69) is 15.3 Å². The number of primary amides is 1. The lowest BCUT2D eigenvalue weighted by atomic mass is 10.2. The third-order valence-corrected chi connectivity index (χ3v) is 2.28. The van der Waals surface area contributed by atoms with Crippen LogP contribution in [0, 0.1) is 0 Å². The molecule has 2 aromatic rings. The van der Waals surface area contributed by atoms with E-state index < -0.39 is 0 Å². The van der Waals surface area contributed by atoms with Crippen LogP contribution in [-0.4, -0.2) is 21.9 Å². The molecule has 0 saturated carbocycles. The van der Waals surface area contributed by atoms with Crippen molar-refractivity contribution in [2.24, 2.45) is 5.73 Å². The average Bonchev–Trinajstić information content (AvgIpc) is 2.57. The topological polar surface area (TPSA) is 83.8 Å². The zero-order chi connectivity index (χ0) is 11.5. The van der Waals surface area contributed by atoms with Crippen LogP contribution in [0.2, 0.25) is 0 Å². The highest BCUT2D eigenvalue weighted by Gasteiger charge is 2.08. The first-order chi connectivity index (χ1) is 7.65. The Balaban J connectivity index is 2.12. The van der Waals surface area contributed by atoms with E-state index in [1.165, 1.54) is 0 Å². The number of anilines is 1. The molecular weight excluding hydrogens is 204 g/mol. The molecule has 2 rings (SSSR count). The maximum atomic E-state index is 10.7. The summed E-state index contributed by atoms with van der Waals surface area (Å²) in [6, 6.07) is 7.72. The van der Waals surface area contributed by atoms with E-state index in [-0.39, 0.29) is 18.4 Å². The third kappa shape index (κ3) is 2.31. The molecule has 0 aliphatic heterocycles. The number of nitrogens with two attached hydrogens (primary N) is 1. The van der Waals surface area contributed by atoms with E-state index in [1.807, 2.05) is 31.2 Å². The zero-order valence-corrected chi connectivity index (χ0v) is 9.03. The van der Waals surface area contributed by atoms with Crippen LogP contribution >= 0.6 is 0 Å². The summed E-state index contributed by atoms with van der Waals surface area (Å²) in [5.41, 5.74) is 6.98. The summed E-state index contributed by atoms with van der Waals surface area (Å²) in [5, 5.41) is 3.10. The number of hydrogen-bond acceptors (Lipinski definition) is 3. The Morgan fingerprint density at radius 1 is 1.56 bits per heavy atom. The summed E-state index contributed by atoms with van der Waals surface area (Å²) in [6.07, 6.45) is 0.289. The molecule has 0 spiro atoms. The number of rotatable bonds is 4. The van der Waals surface area contributed by atoms with Gasteiger partial charge in [-0.1, -0.05) is 12.1 Å². The summed E-state index contributed by atoms with van der Waals surface area (Å²) in [7, 11) is 0. The quantitative estimate of drug-likeness (QED) is 0.721. The van der Waals surface area contributed by atoms with Gasteiger partial charge in [0.15, 0.2) is 0 Å². The number of carbonyl (C=O) groups excluding carboxylic acids is 1. The van der Waals surface area contributed by atoms with Gasteiger partial charge in [-0.05, 0) is 19.1 Å². The van der Waals surface area contributed by atoms with Crippen molar-refractivity contribution in [3.8, 4) is 0 Å². The van der Waals surface area contributed by atoms with Gasteiger partial charge in [-0.3, -0.25) is 4.79 Å². The predicted octanol–water partition coefficient (Wildman–Crippen LogP) is 1.24. The van der Waals surface area contributed by atoms with Crippen LogP contribution in [0.15, 0.2) is 24.3 Å². The van der Waals surface area contributed by atoms with Gasteiger partial charge in [0, 0.05) is 12.5 Å². The van der Waals surface area contributed by atoms with Gasteiger partial charge >= 0.3 is 0 Å². The molecule has 0 bridgehead atoms. The normalized spacial score (nSPS) is 12.6. The van der Waals surface area contributed by atoms with Gasteiger partial charge in [0.05, 0.1) is 11.0 Å². The molecule has 0 saturated heterocycles. The highest BCUT2D eigenvalue weighted by Crippen LogP contribution is 2.14. The fraction of sp³-hybridized carbons (Fsp3) is 0.273. The van der Waals surface area contributed by atoms with Gasteiger partial charge in [-0.2, -0.15) is 0 Å². The fourth-order valence-corrected chi connectivity index (χ4v) is 1.61. The van der Waals surface area contributed by atoms with E-state index in [4.69, 9.17) is 5.73 Å². The van der Waals surface area contributed by atoms with E-state index in [0.29, 0.717) is 5.95 Å². The van der Waals surface area contributed by atoms with Crippen molar-refractivity contribution >= 4 is 22.9 Å². The molecule has 1 atom stereocenters. The molecule has 0 radical (unpaired) electrons. The summed E-state index contributed by atoms with van der Waals surface area (Å²) < 4.78 is 0. The molecule has 0 aliphatic carbocycles. The van der Waals surface area contributed by atoms with Gasteiger partial charge < -0.3 is 16.0 Å². The second-order valence-corrected chi connectivity index (χ2v) is 3.82. The van der Waals surface area contributed by atoms with Crippen LogP contribution in [-0.2, 0) is 4.79 Å². The minimum Gasteiger partial charge on any atom is -0.370 e. The van der Waals surface area contributed by atoms with Crippen molar-refractivity contribution in [3.05, 3.63) is 24.3 Å². The van der Waals surface area contributed by atoms with E-state index >= 15 is 0 Å². The van der Waals surface area contributed by atoms with E-state index in [9.17, 15) is 4.79 Å². The molecule has 0 aliphatic rings. The number of hydrogen-bond donors (Lipinski definition) is 3. The highest BCUT2D eigenvalue weighted by molar-refractivity contribution is 5.77. The minimum absolute atomic E-state index is 0.0296. The summed E-state index contributed by atoms with van der Waals surface area (Å²) in [5.74, 6) is 0.339. The molecule has 1 heterocycles. The standard InChI is InChI=1S/C11H14N4O/c1-7(6-10(12)16)13-11-14-8-4-2-3-5-9(8)15-11/h2-5,7H,6H2,1H3,(H2,12,16)(H2,13,14,15). The van der Waals surface area contributed by atoms with Crippen molar-refractivity contribution in [3.63, 3.8) is 0 Å². The fourth-order valence-electron chi connectivity index (χ4n) is 1.61. The molecule has 84 valence electrons. The summed E-state index contributed by atoms with van der Waals surface area (Å²) >= 11 is 0. The monoisotopic (exact) mass is 218 g/mol. The van der Waals surface area contributed by atoms with Gasteiger partial charge in [-0.25, -0.2) is 4.98 Å². The van der Waals surface area contributed by atoms with E-state index in [0.717, 1.165) is 11.0 Å². The Labute approximate surface area is 93.1 Å². The third-order valence-electron chi connectivity index (χ3n) is 2.28. The first kappa shape index (κ1) is 10.5. The first-order valence-corrected chi connectivity index (χ1v) is 5.15. The number of para-hydroxylation sites is 2. The number of amides is 1. The molecule has 1 unspecified atom stereocenters. The molecule has 1 aromatic carbocycles. The SMILES string of the molecule is CC(CC(N)=O)Nc1nc2ccccc2[nH]1. The second-order valence-electron chi connectivity index (χ2n) is 3.82. The van der Waals surface area contributed by atoms with Crippen LogP contribution in [0.1, 0.15) is 13.3 Å². The lowest BCUT2D eigenvalue weighted by Crippen LogP contribution is -2.24. The molecule has 1 aromatic heterocycles. The lowest BCUT2D eigenvalue weighted by molar-refractivity contribution is -0.118. The van der Waals surface area contributed by atoms with Crippen molar-refractivity contribution in [2.75, 3.05) is 5.32 Å². The van der Waals surface area contributed by atoms with Crippen molar-refractivity contribution < 1.29 is 4.79 Å². The second kappa shape index (κ2) is 4.22. The number of imidazole rings is 1. The molecule has 16 heavy (non-hydrogen) atoms. The van der Waals surface area contributed by atoms with Crippen LogP contribution in [0.4, 0.5) is 5.95 Å². The zero-order valence-electron chi connectivity index (χ0n) is 9.03. The van der Waals surface area contributed by atoms with Crippen LogP contribution in [0.3, 0.4) is 0 Å². The minimum atomic E-state index is -0.323. The number of carbonyl (C=O) groups is 1. The molecule has 5 heteroatoms. The summed E-state index contributed by atoms with van der Waals surface area (Å²) in [6.45, 7) is 1.89. The molecular formula is C11H14N4O. The molecule has 1 amide bonds. The predicted molar refractivity (Wildman–Crippen MR) is 63.0 cm³/mol. The first-order valence-electron chi connectivity index (χ1n) is 5.15. The molecule has 5 nitrogen and oxygen atoms in total. The smallest absolute Gasteiger partial charge is 0.219 e. The van der Waals surface area contributed by atoms with E-state index in [1.54, 1.807) is 0 Å². The Morgan fingerprint density at radius 3 is 3.00 bits per heavy atom. The number of aromatic nitrogens is 2. The maximum absolute atomic E-state index is 10.7. The Bertz CT molecular complexity index is 472. The van der Waals surface area contributed by atoms with Crippen molar-refractivity contribution in [1.29, 1.82) is 0 Å². The Morgan fingerprint density at radius 2 is 2.31 bits per heavy atom. The van der Waals surface area contributed by atoms with Crippen molar-refractivity contribution in [2.45, 2.75) is 19.4 Å². The average molecular weight is 218 g/mol. The molecule has 4 N–H and O–H groups in total. The van der Waals surface area contributed by atoms with Gasteiger partial charge in [0.2, 0.25) is 11.9 Å². The maximum Gasteiger partial charge on any atom is 0.219 e. The molecule has 0 fully saturated rings. The Kier molecular flexibility index (Phi) is 2.76. The van der Waals surface area contributed by atoms with Gasteiger partial charge in [0.25, 0.3) is 0 Å². The number of H-pyrrole nitrogens is 1. The number of aromatic amines is 1. The van der Waals surface area contributed by atoms with Crippen LogP contribution in [0.5, 0.6) is 0 Å². The lowest BCUT2D eigenvalue weighted by Gasteiger charge is -2.09.